The van der Waals surface area contributed by atoms with Gasteiger partial charge in [-0.05, 0) is 49.1 Å². The number of hydrogen-bond acceptors (Lipinski definition) is 5. The molecule has 194 valence electrons. The molecule has 7 heteroatoms. The van der Waals surface area contributed by atoms with Crippen molar-refractivity contribution in [3.63, 3.8) is 0 Å². The number of carbonyl (C=O) groups is 1. The topological polar surface area (TPSA) is 39.7 Å². The number of rotatable bonds is 8. The largest absolute Gasteiger partial charge is 0.339 e. The Kier molecular flexibility index (Phi) is 9.33. The zero-order valence-electron chi connectivity index (χ0n) is 21.5. The van der Waals surface area contributed by atoms with Crippen molar-refractivity contribution in [3.8, 4) is 0 Å². The Labute approximate surface area is 230 Å². The number of para-hydroxylation sites is 1. The fourth-order valence-electron chi connectivity index (χ4n) is 5.24. The van der Waals surface area contributed by atoms with Crippen LogP contribution in [0.25, 0.3) is 10.9 Å². The predicted molar refractivity (Wildman–Crippen MR) is 156 cm³/mol. The molecule has 5 rings (SSSR count). The molecule has 2 aromatic carbocycles. The summed E-state index contributed by atoms with van der Waals surface area (Å²) in [6, 6.07) is 23.3. The van der Waals surface area contributed by atoms with Gasteiger partial charge in [-0.2, -0.15) is 0 Å². The minimum atomic E-state index is 0. The standard InChI is InChI=1S/C30H34N4OS.ClH/c1-3-33(4-2)30(35)25-14-12-24(13-15-25)29(27-11-5-8-23-9-6-16-31-28(23)27)34-19-17-32(18-20-34)22-26-10-7-21-36-26;/h5-16,21,29H,3-4,17-20,22H2,1-2H3;1H. The van der Waals surface area contributed by atoms with Crippen LogP contribution in [0, 0.1) is 0 Å². The van der Waals surface area contributed by atoms with Crippen molar-refractivity contribution in [2.45, 2.75) is 26.4 Å². The minimum Gasteiger partial charge on any atom is -0.339 e. The number of thiophene rings is 1. The fourth-order valence-corrected chi connectivity index (χ4v) is 5.99. The van der Waals surface area contributed by atoms with Gasteiger partial charge in [0.15, 0.2) is 0 Å². The Morgan fingerprint density at radius 2 is 1.68 bits per heavy atom. The summed E-state index contributed by atoms with van der Waals surface area (Å²) >= 11 is 1.83. The first-order chi connectivity index (χ1) is 17.7. The van der Waals surface area contributed by atoms with Gasteiger partial charge in [-0.1, -0.05) is 42.5 Å². The van der Waals surface area contributed by atoms with Gasteiger partial charge in [0.25, 0.3) is 5.91 Å². The van der Waals surface area contributed by atoms with Crippen LogP contribution in [0.1, 0.15) is 46.3 Å². The highest BCUT2D eigenvalue weighted by molar-refractivity contribution is 7.09. The average Bonchev–Trinajstić information content (AvgIpc) is 3.44. The highest BCUT2D eigenvalue weighted by Gasteiger charge is 2.28. The Hall–Kier alpha value is -2.77. The molecule has 0 spiro atoms. The number of piperazine rings is 1. The summed E-state index contributed by atoms with van der Waals surface area (Å²) in [5.74, 6) is 0.0946. The fraction of sp³-hybridized carbons (Fsp3) is 0.333. The van der Waals surface area contributed by atoms with Crippen molar-refractivity contribution in [3.05, 3.63) is 99.9 Å². The molecule has 3 heterocycles. The Morgan fingerprint density at radius 1 is 0.946 bits per heavy atom. The van der Waals surface area contributed by atoms with E-state index >= 15 is 0 Å². The van der Waals surface area contributed by atoms with E-state index in [2.05, 4.69) is 63.7 Å². The van der Waals surface area contributed by atoms with E-state index in [4.69, 9.17) is 4.98 Å². The van der Waals surface area contributed by atoms with Crippen molar-refractivity contribution in [2.24, 2.45) is 0 Å². The predicted octanol–water partition coefficient (Wildman–Crippen LogP) is 6.11. The van der Waals surface area contributed by atoms with E-state index in [1.807, 2.05) is 54.5 Å². The van der Waals surface area contributed by atoms with Crippen LogP contribution in [-0.4, -0.2) is 64.9 Å². The minimum absolute atomic E-state index is 0. The van der Waals surface area contributed by atoms with E-state index in [1.54, 1.807) is 0 Å². The molecule has 0 aliphatic carbocycles. The molecule has 1 unspecified atom stereocenters. The maximum absolute atomic E-state index is 12.9. The maximum atomic E-state index is 12.9. The summed E-state index contributed by atoms with van der Waals surface area (Å²) in [6.45, 7) is 10.5. The molecule has 0 radical (unpaired) electrons. The molecule has 0 saturated carbocycles. The summed E-state index contributed by atoms with van der Waals surface area (Å²) in [6.07, 6.45) is 1.88. The smallest absolute Gasteiger partial charge is 0.253 e. The SMILES string of the molecule is CCN(CC)C(=O)c1ccc(C(c2cccc3cccnc23)N2CCN(Cc3cccs3)CC2)cc1.Cl. The summed E-state index contributed by atoms with van der Waals surface area (Å²) in [4.78, 5) is 26.1. The molecule has 0 bridgehead atoms. The number of benzene rings is 2. The third-order valence-electron chi connectivity index (χ3n) is 7.21. The number of amides is 1. The van der Waals surface area contributed by atoms with Crippen molar-refractivity contribution in [2.75, 3.05) is 39.3 Å². The van der Waals surface area contributed by atoms with Crippen LogP contribution >= 0.6 is 23.7 Å². The number of halogens is 1. The molecule has 1 aliphatic rings. The quantitative estimate of drug-likeness (QED) is 0.273. The van der Waals surface area contributed by atoms with Crippen LogP contribution < -0.4 is 0 Å². The number of pyridine rings is 1. The second kappa shape index (κ2) is 12.7. The number of aromatic nitrogens is 1. The van der Waals surface area contributed by atoms with Crippen LogP contribution in [0.3, 0.4) is 0 Å². The first kappa shape index (κ1) is 27.3. The third kappa shape index (κ3) is 6.04. The average molecular weight is 535 g/mol. The lowest BCUT2D eigenvalue weighted by molar-refractivity contribution is 0.0773. The number of nitrogens with zero attached hydrogens (tertiary/aromatic N) is 4. The lowest BCUT2D eigenvalue weighted by Gasteiger charge is -2.40. The van der Waals surface area contributed by atoms with Gasteiger partial charge in [0.1, 0.15) is 0 Å². The summed E-state index contributed by atoms with van der Waals surface area (Å²) in [5.41, 5.74) is 4.23. The molecule has 37 heavy (non-hydrogen) atoms. The normalized spacial score (nSPS) is 15.3. The van der Waals surface area contributed by atoms with Gasteiger partial charge in [0, 0.05) is 73.4 Å². The Bertz CT molecular complexity index is 1280. The zero-order chi connectivity index (χ0) is 24.9. The molecular weight excluding hydrogens is 500 g/mol. The third-order valence-corrected chi connectivity index (χ3v) is 8.08. The molecule has 1 saturated heterocycles. The van der Waals surface area contributed by atoms with Crippen molar-refractivity contribution >= 4 is 40.6 Å². The van der Waals surface area contributed by atoms with Gasteiger partial charge in [0.2, 0.25) is 0 Å². The first-order valence-corrected chi connectivity index (χ1v) is 13.8. The molecule has 1 fully saturated rings. The lowest BCUT2D eigenvalue weighted by Crippen LogP contribution is -2.47. The lowest BCUT2D eigenvalue weighted by atomic mass is 9.93. The van der Waals surface area contributed by atoms with Gasteiger partial charge >= 0.3 is 0 Å². The van der Waals surface area contributed by atoms with Crippen LogP contribution in [0.15, 0.2) is 78.3 Å². The molecule has 1 aliphatic heterocycles. The van der Waals surface area contributed by atoms with Crippen LogP contribution in [0.5, 0.6) is 0 Å². The second-order valence-corrected chi connectivity index (χ2v) is 10.3. The van der Waals surface area contributed by atoms with Crippen LogP contribution in [-0.2, 0) is 6.54 Å². The van der Waals surface area contributed by atoms with Gasteiger partial charge in [0.05, 0.1) is 11.6 Å². The van der Waals surface area contributed by atoms with Crippen LogP contribution in [0.2, 0.25) is 0 Å². The van der Waals surface area contributed by atoms with Gasteiger partial charge < -0.3 is 4.90 Å². The molecule has 4 aromatic rings. The van der Waals surface area contributed by atoms with Crippen molar-refractivity contribution < 1.29 is 4.79 Å². The molecule has 1 amide bonds. The summed E-state index contributed by atoms with van der Waals surface area (Å²) in [7, 11) is 0. The number of fused-ring (bicyclic) bond motifs is 1. The monoisotopic (exact) mass is 534 g/mol. The number of carbonyl (C=O) groups excluding carboxylic acids is 1. The summed E-state index contributed by atoms with van der Waals surface area (Å²) in [5, 5.41) is 3.31. The van der Waals surface area contributed by atoms with E-state index in [9.17, 15) is 4.79 Å². The maximum Gasteiger partial charge on any atom is 0.253 e. The zero-order valence-corrected chi connectivity index (χ0v) is 23.2. The van der Waals surface area contributed by atoms with Gasteiger partial charge in [-0.15, -0.1) is 23.7 Å². The summed E-state index contributed by atoms with van der Waals surface area (Å²) < 4.78 is 0. The van der Waals surface area contributed by atoms with E-state index in [0.29, 0.717) is 0 Å². The van der Waals surface area contributed by atoms with Gasteiger partial charge in [-0.25, -0.2) is 0 Å². The van der Waals surface area contributed by atoms with E-state index in [1.165, 1.54) is 16.0 Å². The Balaban J connectivity index is 0.00000320. The molecule has 2 aromatic heterocycles. The first-order valence-electron chi connectivity index (χ1n) is 12.9. The molecule has 5 nitrogen and oxygen atoms in total. The molecule has 1 atom stereocenters. The van der Waals surface area contributed by atoms with Crippen LogP contribution in [0.4, 0.5) is 0 Å². The molecule has 0 N–H and O–H groups in total. The molecular formula is C30H35ClN4OS. The number of hydrogen-bond donors (Lipinski definition) is 0. The van der Waals surface area contributed by atoms with Crippen molar-refractivity contribution in [1.29, 1.82) is 0 Å². The highest BCUT2D eigenvalue weighted by atomic mass is 35.5. The van der Waals surface area contributed by atoms with E-state index < -0.39 is 0 Å². The van der Waals surface area contributed by atoms with E-state index in [0.717, 1.165) is 62.3 Å². The van der Waals surface area contributed by atoms with E-state index in [-0.39, 0.29) is 24.4 Å². The Morgan fingerprint density at radius 3 is 2.35 bits per heavy atom. The highest BCUT2D eigenvalue weighted by Crippen LogP contribution is 2.34. The van der Waals surface area contributed by atoms with Crippen molar-refractivity contribution in [1.82, 2.24) is 19.7 Å². The van der Waals surface area contributed by atoms with Gasteiger partial charge in [-0.3, -0.25) is 19.6 Å². The second-order valence-electron chi connectivity index (χ2n) is 9.32.